The van der Waals surface area contributed by atoms with E-state index in [9.17, 15) is 10.2 Å². The molecular weight excluding hydrogens is 308 g/mol. The van der Waals surface area contributed by atoms with Gasteiger partial charge < -0.3 is 10.2 Å². The summed E-state index contributed by atoms with van der Waals surface area (Å²) < 4.78 is 0. The molecule has 0 saturated carbocycles. The van der Waals surface area contributed by atoms with E-state index in [0.717, 1.165) is 9.79 Å². The molecule has 0 spiro atoms. The molecule has 0 aliphatic carbocycles. The zero-order chi connectivity index (χ0) is 14.7. The number of rotatable bonds is 4. The van der Waals surface area contributed by atoms with Crippen LogP contribution in [0.25, 0.3) is 0 Å². The van der Waals surface area contributed by atoms with Crippen LogP contribution < -0.4 is 0 Å². The Labute approximate surface area is 131 Å². The van der Waals surface area contributed by atoms with Gasteiger partial charge in [0.1, 0.15) is 11.5 Å². The lowest BCUT2D eigenvalue weighted by molar-refractivity contribution is -0.256. The number of benzene rings is 2. The van der Waals surface area contributed by atoms with Crippen LogP contribution in [-0.2, 0) is 9.78 Å². The molecule has 1 aliphatic rings. The summed E-state index contributed by atoms with van der Waals surface area (Å²) in [7, 11) is 0. The molecule has 2 aromatic rings. The van der Waals surface area contributed by atoms with Crippen LogP contribution in [0.2, 0.25) is 0 Å². The molecule has 1 fully saturated rings. The Morgan fingerprint density at radius 2 is 1.33 bits per heavy atom. The van der Waals surface area contributed by atoms with Crippen LogP contribution in [0, 0.1) is 0 Å². The smallest absolute Gasteiger partial charge is 0.157 e. The van der Waals surface area contributed by atoms with Crippen molar-refractivity contribution in [3.63, 3.8) is 0 Å². The second kappa shape index (κ2) is 6.62. The first kappa shape index (κ1) is 14.6. The van der Waals surface area contributed by atoms with Crippen LogP contribution in [0.3, 0.4) is 0 Å². The van der Waals surface area contributed by atoms with Gasteiger partial charge in [-0.1, -0.05) is 11.8 Å². The number of hydrogen-bond acceptors (Lipinski definition) is 6. The van der Waals surface area contributed by atoms with Crippen LogP contribution in [0.15, 0.2) is 58.3 Å². The third-order valence-corrected chi connectivity index (χ3v) is 5.50. The molecule has 2 aromatic carbocycles. The predicted octanol–water partition coefficient (Wildman–Crippen LogP) is 3.64. The summed E-state index contributed by atoms with van der Waals surface area (Å²) in [6.45, 7) is 0.515. The monoisotopic (exact) mass is 322 g/mol. The average Bonchev–Trinajstić information content (AvgIpc) is 2.91. The minimum atomic E-state index is -0.117. The minimum absolute atomic E-state index is 0.117. The van der Waals surface area contributed by atoms with Crippen LogP contribution in [0.1, 0.15) is 0 Å². The third kappa shape index (κ3) is 3.85. The van der Waals surface area contributed by atoms with Crippen LogP contribution in [-0.4, -0.2) is 27.5 Å². The van der Waals surface area contributed by atoms with Crippen molar-refractivity contribution in [1.82, 2.24) is 0 Å². The van der Waals surface area contributed by atoms with Crippen molar-refractivity contribution in [3.05, 3.63) is 48.5 Å². The van der Waals surface area contributed by atoms with Crippen molar-refractivity contribution in [1.29, 1.82) is 0 Å². The molecule has 2 N–H and O–H groups in total. The summed E-state index contributed by atoms with van der Waals surface area (Å²) in [5, 5.41) is 18.8. The number of phenols is 2. The van der Waals surface area contributed by atoms with Gasteiger partial charge in [0, 0.05) is 9.79 Å². The normalized spacial score (nSPS) is 21.5. The molecule has 1 saturated heterocycles. The Morgan fingerprint density at radius 1 is 0.810 bits per heavy atom. The zero-order valence-corrected chi connectivity index (χ0v) is 12.6. The minimum Gasteiger partial charge on any atom is -0.508 e. The molecule has 0 radical (unpaired) electrons. The van der Waals surface area contributed by atoms with E-state index < -0.39 is 0 Å². The number of phenolic OH excluding ortho intramolecular Hbond substituents is 2. The lowest BCUT2D eigenvalue weighted by Crippen LogP contribution is -2.16. The molecule has 6 heteroatoms. The highest BCUT2D eigenvalue weighted by molar-refractivity contribution is 8.03. The Morgan fingerprint density at radius 3 is 1.90 bits per heavy atom. The molecule has 0 aromatic heterocycles. The number of thioether (sulfide) groups is 2. The maximum absolute atomic E-state index is 9.30. The van der Waals surface area contributed by atoms with Gasteiger partial charge in [0.2, 0.25) is 0 Å². The predicted molar refractivity (Wildman–Crippen MR) is 82.5 cm³/mol. The van der Waals surface area contributed by atoms with E-state index in [4.69, 9.17) is 9.78 Å². The van der Waals surface area contributed by atoms with Crippen LogP contribution in [0.5, 0.6) is 11.5 Å². The molecule has 4 nitrogen and oxygen atoms in total. The summed E-state index contributed by atoms with van der Waals surface area (Å²) in [4.78, 5) is 12.5. The van der Waals surface area contributed by atoms with Crippen molar-refractivity contribution >= 4 is 23.5 Å². The van der Waals surface area contributed by atoms with Gasteiger partial charge in [-0.25, -0.2) is 9.78 Å². The first-order valence-electron chi connectivity index (χ1n) is 6.40. The van der Waals surface area contributed by atoms with E-state index in [1.54, 1.807) is 47.8 Å². The van der Waals surface area contributed by atoms with Crippen molar-refractivity contribution in [3.8, 4) is 11.5 Å². The Kier molecular flexibility index (Phi) is 4.60. The highest BCUT2D eigenvalue weighted by Crippen LogP contribution is 2.39. The fourth-order valence-corrected chi connectivity index (χ4v) is 4.00. The van der Waals surface area contributed by atoms with Crippen molar-refractivity contribution in [2.24, 2.45) is 0 Å². The Hall–Kier alpha value is -1.34. The van der Waals surface area contributed by atoms with Crippen LogP contribution in [0.4, 0.5) is 0 Å². The fraction of sp³-hybridized carbons (Fsp3) is 0.200. The maximum atomic E-state index is 9.30. The average molecular weight is 322 g/mol. The summed E-state index contributed by atoms with van der Waals surface area (Å²) in [5.74, 6) is 0.506. The molecule has 2 unspecified atom stereocenters. The SMILES string of the molecule is Oc1ccc(SC2COOC2Sc2ccc(O)cc2)cc1. The highest BCUT2D eigenvalue weighted by atomic mass is 32.2. The molecular formula is C15H14O4S2. The molecule has 110 valence electrons. The number of hydrogen-bond donors (Lipinski definition) is 2. The van der Waals surface area contributed by atoms with Crippen molar-refractivity contribution < 1.29 is 20.0 Å². The summed E-state index contributed by atoms with van der Waals surface area (Å²) in [5.41, 5.74) is -0.117. The summed E-state index contributed by atoms with van der Waals surface area (Å²) in [6.07, 6.45) is 0. The van der Waals surface area contributed by atoms with E-state index >= 15 is 0 Å². The maximum Gasteiger partial charge on any atom is 0.157 e. The van der Waals surface area contributed by atoms with Crippen molar-refractivity contribution in [2.45, 2.75) is 20.5 Å². The van der Waals surface area contributed by atoms with E-state index in [2.05, 4.69) is 0 Å². The Balaban J connectivity index is 1.65. The van der Waals surface area contributed by atoms with Gasteiger partial charge >= 0.3 is 0 Å². The molecule has 0 bridgehead atoms. The first-order chi connectivity index (χ1) is 10.2. The van der Waals surface area contributed by atoms with Gasteiger partial charge in [0.25, 0.3) is 0 Å². The fourth-order valence-electron chi connectivity index (χ4n) is 1.86. The molecule has 3 rings (SSSR count). The first-order valence-corrected chi connectivity index (χ1v) is 8.16. The molecule has 0 amide bonds. The lowest BCUT2D eigenvalue weighted by Gasteiger charge is -2.15. The van der Waals surface area contributed by atoms with E-state index in [-0.39, 0.29) is 22.2 Å². The van der Waals surface area contributed by atoms with Gasteiger partial charge in [-0.3, -0.25) is 0 Å². The topological polar surface area (TPSA) is 58.9 Å². The zero-order valence-electron chi connectivity index (χ0n) is 11.0. The van der Waals surface area contributed by atoms with E-state index in [1.165, 1.54) is 0 Å². The van der Waals surface area contributed by atoms with Gasteiger partial charge in [-0.15, -0.1) is 11.8 Å². The van der Waals surface area contributed by atoms with Gasteiger partial charge in [0.15, 0.2) is 5.44 Å². The lowest BCUT2D eigenvalue weighted by atomic mass is 10.3. The molecule has 1 heterocycles. The van der Waals surface area contributed by atoms with Gasteiger partial charge in [-0.2, -0.15) is 0 Å². The van der Waals surface area contributed by atoms with Gasteiger partial charge in [-0.05, 0) is 48.5 Å². The van der Waals surface area contributed by atoms with E-state index in [1.807, 2.05) is 24.3 Å². The van der Waals surface area contributed by atoms with Gasteiger partial charge in [0.05, 0.1) is 11.9 Å². The quantitative estimate of drug-likeness (QED) is 0.838. The Bertz CT molecular complexity index is 532. The largest absolute Gasteiger partial charge is 0.508 e. The molecule has 1 aliphatic heterocycles. The van der Waals surface area contributed by atoms with E-state index in [0.29, 0.717) is 6.61 Å². The third-order valence-electron chi connectivity index (χ3n) is 2.91. The summed E-state index contributed by atoms with van der Waals surface area (Å²) >= 11 is 3.22. The van der Waals surface area contributed by atoms with Crippen molar-refractivity contribution in [2.75, 3.05) is 6.61 Å². The molecule has 21 heavy (non-hydrogen) atoms. The second-order valence-electron chi connectivity index (χ2n) is 4.51. The highest BCUT2D eigenvalue weighted by Gasteiger charge is 2.32. The molecule has 2 atom stereocenters. The standard InChI is InChI=1S/C15H14O4S2/c16-10-1-5-12(6-2-10)20-14-9-18-19-15(14)21-13-7-3-11(17)4-8-13/h1-8,14-17H,9H2. The van der Waals surface area contributed by atoms with Crippen LogP contribution >= 0.6 is 23.5 Å². The number of aromatic hydroxyl groups is 2. The summed E-state index contributed by atoms with van der Waals surface area (Å²) in [6, 6.07) is 14.1. The second-order valence-corrected chi connectivity index (χ2v) is 7.00.